The van der Waals surface area contributed by atoms with E-state index in [1.54, 1.807) is 31.4 Å². The standard InChI is InChI=1S/C23H22ClNO6/c1-27-6-2-5-25-10-18-19(29-12-25)4-3-17-21(26)20(31-23(17)18)9-14-7-16(24)8-15-11-28-13-30-22(14)15/h3-4,7-9H,2,5-6,10-13H2,1H3/b20-9-. The van der Waals surface area contributed by atoms with E-state index in [0.29, 0.717) is 54.1 Å². The first-order chi connectivity index (χ1) is 15.1. The zero-order valence-electron chi connectivity index (χ0n) is 17.1. The maximum atomic E-state index is 13.1. The summed E-state index contributed by atoms with van der Waals surface area (Å²) in [6, 6.07) is 7.16. The highest BCUT2D eigenvalue weighted by Crippen LogP contribution is 2.43. The molecule has 0 radical (unpaired) electrons. The van der Waals surface area contributed by atoms with Crippen molar-refractivity contribution >= 4 is 23.5 Å². The second kappa shape index (κ2) is 8.51. The van der Waals surface area contributed by atoms with Gasteiger partial charge in [0.2, 0.25) is 5.78 Å². The van der Waals surface area contributed by atoms with E-state index in [-0.39, 0.29) is 18.3 Å². The maximum Gasteiger partial charge on any atom is 0.231 e. The lowest BCUT2D eigenvalue weighted by atomic mass is 10.0. The van der Waals surface area contributed by atoms with E-state index in [0.717, 1.165) is 29.8 Å². The molecule has 0 unspecified atom stereocenters. The maximum absolute atomic E-state index is 13.1. The van der Waals surface area contributed by atoms with Crippen LogP contribution >= 0.6 is 11.6 Å². The quantitative estimate of drug-likeness (QED) is 0.511. The monoisotopic (exact) mass is 443 g/mol. The van der Waals surface area contributed by atoms with Crippen molar-refractivity contribution in [3.05, 3.63) is 57.3 Å². The van der Waals surface area contributed by atoms with Gasteiger partial charge in [-0.2, -0.15) is 0 Å². The summed E-state index contributed by atoms with van der Waals surface area (Å²) in [5.41, 5.74) is 2.95. The summed E-state index contributed by atoms with van der Waals surface area (Å²) in [7, 11) is 1.69. The van der Waals surface area contributed by atoms with Crippen molar-refractivity contribution in [3.8, 4) is 17.2 Å². The van der Waals surface area contributed by atoms with Gasteiger partial charge in [-0.25, -0.2) is 0 Å². The molecule has 0 N–H and O–H groups in total. The molecule has 8 heteroatoms. The Hall–Kier alpha value is -2.58. The predicted octanol–water partition coefficient (Wildman–Crippen LogP) is 4.01. The second-order valence-electron chi connectivity index (χ2n) is 7.62. The van der Waals surface area contributed by atoms with Crippen molar-refractivity contribution in [3.63, 3.8) is 0 Å². The van der Waals surface area contributed by atoms with Gasteiger partial charge in [0.05, 0.1) is 17.7 Å². The Morgan fingerprint density at radius 2 is 2.13 bits per heavy atom. The lowest BCUT2D eigenvalue weighted by Crippen LogP contribution is -2.33. The van der Waals surface area contributed by atoms with Gasteiger partial charge in [0.15, 0.2) is 12.6 Å². The van der Waals surface area contributed by atoms with E-state index in [4.69, 9.17) is 35.3 Å². The number of fused-ring (bicyclic) bond motifs is 4. The van der Waals surface area contributed by atoms with E-state index in [1.807, 2.05) is 6.07 Å². The number of ether oxygens (including phenoxy) is 5. The van der Waals surface area contributed by atoms with Crippen LogP contribution in [0.15, 0.2) is 30.0 Å². The van der Waals surface area contributed by atoms with Crippen molar-refractivity contribution < 1.29 is 28.5 Å². The molecule has 0 bridgehead atoms. The van der Waals surface area contributed by atoms with Crippen LogP contribution in [0.4, 0.5) is 0 Å². The number of benzene rings is 2. The van der Waals surface area contributed by atoms with Gasteiger partial charge in [-0.05, 0) is 36.8 Å². The molecule has 0 saturated carbocycles. The summed E-state index contributed by atoms with van der Waals surface area (Å²) in [5.74, 6) is 2.03. The molecule has 7 nitrogen and oxygen atoms in total. The first-order valence-corrected chi connectivity index (χ1v) is 10.5. The number of hydrogen-bond donors (Lipinski definition) is 0. The average Bonchev–Trinajstić information content (AvgIpc) is 3.09. The predicted molar refractivity (Wildman–Crippen MR) is 114 cm³/mol. The molecular formula is C23H22ClNO6. The molecule has 5 rings (SSSR count). The summed E-state index contributed by atoms with van der Waals surface area (Å²) < 4.78 is 28.1. The fourth-order valence-electron chi connectivity index (χ4n) is 4.04. The topological polar surface area (TPSA) is 66.5 Å². The largest absolute Gasteiger partial charge is 0.478 e. The zero-order chi connectivity index (χ0) is 21.4. The highest BCUT2D eigenvalue weighted by atomic mass is 35.5. The van der Waals surface area contributed by atoms with Crippen LogP contribution in [0.2, 0.25) is 5.02 Å². The SMILES string of the molecule is COCCCN1COc2ccc3c(c2C1)O/C(=C\c1cc(Cl)cc2c1OCOC2)C3=O. The minimum Gasteiger partial charge on any atom is -0.478 e. The molecule has 31 heavy (non-hydrogen) atoms. The summed E-state index contributed by atoms with van der Waals surface area (Å²) in [4.78, 5) is 15.2. The number of halogens is 1. The van der Waals surface area contributed by atoms with Crippen LogP contribution in [0.25, 0.3) is 6.08 Å². The van der Waals surface area contributed by atoms with Crippen molar-refractivity contribution in [1.82, 2.24) is 4.90 Å². The molecule has 0 aromatic heterocycles. The van der Waals surface area contributed by atoms with Gasteiger partial charge in [-0.3, -0.25) is 9.69 Å². The van der Waals surface area contributed by atoms with Gasteiger partial charge in [0, 0.05) is 43.0 Å². The Balaban J connectivity index is 1.45. The molecule has 2 aromatic rings. The normalized spacial score (nSPS) is 18.6. The number of rotatable bonds is 5. The molecule has 162 valence electrons. The minimum atomic E-state index is -0.171. The molecular weight excluding hydrogens is 422 g/mol. The number of carbonyl (C=O) groups is 1. The van der Waals surface area contributed by atoms with E-state index >= 15 is 0 Å². The number of methoxy groups -OCH3 is 1. The smallest absolute Gasteiger partial charge is 0.231 e. The van der Waals surface area contributed by atoms with Crippen molar-refractivity contribution in [2.75, 3.05) is 33.8 Å². The summed E-state index contributed by atoms with van der Waals surface area (Å²) >= 11 is 6.26. The van der Waals surface area contributed by atoms with Gasteiger partial charge in [0.1, 0.15) is 24.0 Å². The number of Topliss-reactive ketones (excluding diaryl/α,β-unsaturated/α-hetero) is 1. The molecule has 0 atom stereocenters. The number of hydrogen-bond acceptors (Lipinski definition) is 7. The van der Waals surface area contributed by atoms with E-state index in [1.165, 1.54) is 0 Å². The Morgan fingerprint density at radius 3 is 3.00 bits per heavy atom. The molecule has 0 saturated heterocycles. The molecule has 3 aliphatic heterocycles. The Labute approximate surface area is 185 Å². The third-order valence-electron chi connectivity index (χ3n) is 5.50. The molecule has 0 aliphatic carbocycles. The molecule has 2 aromatic carbocycles. The summed E-state index contributed by atoms with van der Waals surface area (Å²) in [6.45, 7) is 3.24. The zero-order valence-corrected chi connectivity index (χ0v) is 17.9. The van der Waals surface area contributed by atoms with Gasteiger partial charge in [0.25, 0.3) is 0 Å². The van der Waals surface area contributed by atoms with E-state index in [9.17, 15) is 4.79 Å². The third-order valence-corrected chi connectivity index (χ3v) is 5.71. The van der Waals surface area contributed by atoms with Crippen LogP contribution in [0, 0.1) is 0 Å². The first kappa shape index (κ1) is 20.3. The minimum absolute atomic E-state index is 0.156. The Kier molecular flexibility index (Phi) is 5.58. The number of allylic oxidation sites excluding steroid dienone is 1. The van der Waals surface area contributed by atoms with E-state index in [2.05, 4.69) is 4.90 Å². The number of nitrogens with zero attached hydrogens (tertiary/aromatic N) is 1. The van der Waals surface area contributed by atoms with Gasteiger partial charge < -0.3 is 23.7 Å². The fourth-order valence-corrected chi connectivity index (χ4v) is 4.29. The highest BCUT2D eigenvalue weighted by Gasteiger charge is 2.34. The van der Waals surface area contributed by atoms with Crippen LogP contribution in [0.1, 0.15) is 33.5 Å². The Bertz CT molecular complexity index is 1070. The van der Waals surface area contributed by atoms with Crippen molar-refractivity contribution in [2.45, 2.75) is 19.6 Å². The van der Waals surface area contributed by atoms with E-state index < -0.39 is 0 Å². The summed E-state index contributed by atoms with van der Waals surface area (Å²) in [5, 5.41) is 0.542. The van der Waals surface area contributed by atoms with Gasteiger partial charge in [-0.1, -0.05) is 11.6 Å². The average molecular weight is 444 g/mol. The third kappa shape index (κ3) is 3.90. The van der Waals surface area contributed by atoms with Crippen molar-refractivity contribution in [2.24, 2.45) is 0 Å². The Morgan fingerprint density at radius 1 is 1.23 bits per heavy atom. The highest BCUT2D eigenvalue weighted by molar-refractivity contribution is 6.31. The number of carbonyl (C=O) groups excluding carboxylic acids is 1. The molecule has 3 aliphatic rings. The second-order valence-corrected chi connectivity index (χ2v) is 8.06. The van der Waals surface area contributed by atoms with Crippen LogP contribution in [-0.2, 0) is 22.6 Å². The lowest BCUT2D eigenvalue weighted by Gasteiger charge is -2.29. The lowest BCUT2D eigenvalue weighted by molar-refractivity contribution is -0.0165. The molecule has 0 amide bonds. The number of ketones is 1. The van der Waals surface area contributed by atoms with Crippen LogP contribution in [-0.4, -0.2) is 44.5 Å². The molecule has 0 fully saturated rings. The van der Waals surface area contributed by atoms with Gasteiger partial charge in [-0.15, -0.1) is 0 Å². The van der Waals surface area contributed by atoms with Crippen LogP contribution in [0.3, 0.4) is 0 Å². The van der Waals surface area contributed by atoms with Crippen LogP contribution < -0.4 is 14.2 Å². The summed E-state index contributed by atoms with van der Waals surface area (Å²) in [6.07, 6.45) is 2.59. The first-order valence-electron chi connectivity index (χ1n) is 10.1. The molecule has 3 heterocycles. The van der Waals surface area contributed by atoms with Crippen molar-refractivity contribution in [1.29, 1.82) is 0 Å². The fraction of sp³-hybridized carbons (Fsp3) is 0.348. The van der Waals surface area contributed by atoms with Crippen LogP contribution in [0.5, 0.6) is 17.2 Å². The molecule has 0 spiro atoms. The van der Waals surface area contributed by atoms with Gasteiger partial charge >= 0.3 is 0 Å².